The number of nitrogens with two attached hydrogens (primary N) is 1. The number of primary sulfonamides is 1. The van der Waals surface area contributed by atoms with Gasteiger partial charge < -0.3 is 4.90 Å². The van der Waals surface area contributed by atoms with Crippen LogP contribution in [0.3, 0.4) is 0 Å². The molecule has 9 heteroatoms. The fraction of sp³-hybridized carbons (Fsp3) is 0.222. The van der Waals surface area contributed by atoms with E-state index in [1.165, 1.54) is 16.5 Å². The molecule has 4 rings (SSSR count). The molecule has 2 aromatic heterocycles. The highest BCUT2D eigenvalue weighted by molar-refractivity contribution is 7.89. The van der Waals surface area contributed by atoms with Crippen molar-refractivity contribution in [2.75, 3.05) is 4.90 Å². The van der Waals surface area contributed by atoms with E-state index in [9.17, 15) is 13.2 Å². The minimum Gasteiger partial charge on any atom is -0.362 e. The predicted octanol–water partition coefficient (Wildman–Crippen LogP) is 1.95. The van der Waals surface area contributed by atoms with Crippen LogP contribution in [0, 0.1) is 0 Å². The van der Waals surface area contributed by atoms with Crippen LogP contribution in [0.5, 0.6) is 0 Å². The van der Waals surface area contributed by atoms with Crippen LogP contribution in [0.15, 0.2) is 52.3 Å². The van der Waals surface area contributed by atoms with E-state index in [2.05, 4.69) is 9.88 Å². The quantitative estimate of drug-likeness (QED) is 0.719. The highest BCUT2D eigenvalue weighted by Gasteiger charge is 2.27. The van der Waals surface area contributed by atoms with Crippen molar-refractivity contribution in [2.45, 2.75) is 30.8 Å². The van der Waals surface area contributed by atoms with Gasteiger partial charge in [-0.1, -0.05) is 11.6 Å². The molecule has 0 amide bonds. The van der Waals surface area contributed by atoms with Gasteiger partial charge in [0.05, 0.1) is 22.2 Å². The molecule has 1 atom stereocenters. The lowest BCUT2D eigenvalue weighted by Gasteiger charge is -2.24. The average molecular weight is 405 g/mol. The second kappa shape index (κ2) is 6.33. The zero-order valence-electron chi connectivity index (χ0n) is 14.5. The summed E-state index contributed by atoms with van der Waals surface area (Å²) >= 11 is 5.94. The van der Waals surface area contributed by atoms with Gasteiger partial charge in [-0.3, -0.25) is 9.20 Å². The Hall–Kier alpha value is -2.42. The van der Waals surface area contributed by atoms with Gasteiger partial charge in [-0.05, 0) is 49.2 Å². The van der Waals surface area contributed by atoms with Gasteiger partial charge >= 0.3 is 0 Å². The first-order chi connectivity index (χ1) is 12.7. The normalized spacial score (nSPS) is 16.7. The topological polar surface area (TPSA) is 97.8 Å². The number of anilines is 1. The number of rotatable bonds is 3. The van der Waals surface area contributed by atoms with Gasteiger partial charge in [0.2, 0.25) is 10.0 Å². The number of aromatic nitrogens is 2. The van der Waals surface area contributed by atoms with Gasteiger partial charge in [0.1, 0.15) is 5.65 Å². The van der Waals surface area contributed by atoms with E-state index in [1.54, 1.807) is 30.5 Å². The smallest absolute Gasteiger partial charge is 0.258 e. The van der Waals surface area contributed by atoms with E-state index in [1.807, 2.05) is 6.92 Å². The van der Waals surface area contributed by atoms with Crippen LogP contribution in [-0.4, -0.2) is 23.8 Å². The maximum Gasteiger partial charge on any atom is 0.258 e. The van der Waals surface area contributed by atoms with E-state index in [0.29, 0.717) is 29.3 Å². The molecule has 27 heavy (non-hydrogen) atoms. The van der Waals surface area contributed by atoms with Crippen LogP contribution in [0.25, 0.3) is 5.65 Å². The van der Waals surface area contributed by atoms with E-state index in [-0.39, 0.29) is 16.5 Å². The summed E-state index contributed by atoms with van der Waals surface area (Å²) in [7, 11) is -3.74. The zero-order valence-corrected chi connectivity index (χ0v) is 16.0. The van der Waals surface area contributed by atoms with Crippen molar-refractivity contribution in [2.24, 2.45) is 5.14 Å². The standard InChI is InChI=1S/C18H17ClN4O3S/c1-11-6-12-7-15(27(20,25)26)3-4-16(12)22(11)10-14-8-18(24)23-9-13(19)2-5-17(23)21-14/h2-5,7-9,11H,6,10H2,1H3,(H2,20,25,26)/t11-/m1/s1. The lowest BCUT2D eigenvalue weighted by atomic mass is 10.1. The predicted molar refractivity (Wildman–Crippen MR) is 104 cm³/mol. The van der Waals surface area contributed by atoms with Gasteiger partial charge in [0.15, 0.2) is 0 Å². The third kappa shape index (κ3) is 3.31. The molecule has 1 aromatic carbocycles. The van der Waals surface area contributed by atoms with Crippen LogP contribution in [-0.2, 0) is 23.0 Å². The molecule has 3 aromatic rings. The van der Waals surface area contributed by atoms with Gasteiger partial charge in [-0.2, -0.15) is 0 Å². The first-order valence-electron chi connectivity index (χ1n) is 8.32. The van der Waals surface area contributed by atoms with Crippen LogP contribution < -0.4 is 15.6 Å². The fourth-order valence-corrected chi connectivity index (χ4v) is 4.20. The Bertz CT molecular complexity index is 1220. The third-order valence-corrected chi connectivity index (χ3v) is 5.88. The summed E-state index contributed by atoms with van der Waals surface area (Å²) in [5.74, 6) is 0. The molecule has 0 unspecified atom stereocenters. The van der Waals surface area contributed by atoms with Crippen molar-refractivity contribution in [3.8, 4) is 0 Å². The molecule has 0 radical (unpaired) electrons. The van der Waals surface area contributed by atoms with Crippen LogP contribution in [0.4, 0.5) is 5.69 Å². The first-order valence-corrected chi connectivity index (χ1v) is 10.2. The molecule has 0 saturated heterocycles. The van der Waals surface area contributed by atoms with E-state index in [4.69, 9.17) is 16.7 Å². The molecular formula is C18H17ClN4O3S. The van der Waals surface area contributed by atoms with Crippen LogP contribution in [0.2, 0.25) is 5.02 Å². The summed E-state index contributed by atoms with van der Waals surface area (Å²) < 4.78 is 24.6. The van der Waals surface area contributed by atoms with Crippen molar-refractivity contribution in [1.82, 2.24) is 9.38 Å². The Balaban J connectivity index is 1.71. The van der Waals surface area contributed by atoms with Gasteiger partial charge in [0, 0.05) is 24.0 Å². The second-order valence-corrected chi connectivity index (χ2v) is 8.68. The molecule has 0 saturated carbocycles. The Morgan fingerprint density at radius 1 is 1.26 bits per heavy atom. The summed E-state index contributed by atoms with van der Waals surface area (Å²) in [6.45, 7) is 2.49. The first kappa shape index (κ1) is 18.0. The Morgan fingerprint density at radius 3 is 2.78 bits per heavy atom. The van der Waals surface area contributed by atoms with Crippen molar-refractivity contribution in [1.29, 1.82) is 0 Å². The summed E-state index contributed by atoms with van der Waals surface area (Å²) in [4.78, 5) is 19.1. The maximum absolute atomic E-state index is 12.4. The number of hydrogen-bond acceptors (Lipinski definition) is 5. The number of benzene rings is 1. The van der Waals surface area contributed by atoms with Crippen molar-refractivity contribution >= 4 is 33.0 Å². The van der Waals surface area contributed by atoms with Crippen LogP contribution in [0.1, 0.15) is 18.2 Å². The Morgan fingerprint density at radius 2 is 2.04 bits per heavy atom. The van der Waals surface area contributed by atoms with Crippen molar-refractivity contribution in [3.05, 3.63) is 69.2 Å². The number of pyridine rings is 1. The van der Waals surface area contributed by atoms with Crippen molar-refractivity contribution in [3.63, 3.8) is 0 Å². The highest BCUT2D eigenvalue weighted by Crippen LogP contribution is 2.34. The molecule has 1 aliphatic rings. The van der Waals surface area contributed by atoms with Gasteiger partial charge in [-0.15, -0.1) is 0 Å². The largest absolute Gasteiger partial charge is 0.362 e. The molecule has 2 N–H and O–H groups in total. The minimum atomic E-state index is -3.74. The van der Waals surface area contributed by atoms with E-state index in [0.717, 1.165) is 11.3 Å². The number of fused-ring (bicyclic) bond motifs is 2. The monoisotopic (exact) mass is 404 g/mol. The lowest BCUT2D eigenvalue weighted by Crippen LogP contribution is -2.30. The Kier molecular flexibility index (Phi) is 4.21. The second-order valence-electron chi connectivity index (χ2n) is 6.68. The fourth-order valence-electron chi connectivity index (χ4n) is 3.47. The lowest BCUT2D eigenvalue weighted by molar-refractivity contribution is 0.597. The molecule has 3 heterocycles. The van der Waals surface area contributed by atoms with E-state index >= 15 is 0 Å². The Labute approximate surface area is 161 Å². The van der Waals surface area contributed by atoms with Crippen molar-refractivity contribution < 1.29 is 8.42 Å². The SMILES string of the molecule is C[C@@H]1Cc2cc(S(N)(=O)=O)ccc2N1Cc1cc(=O)n2cc(Cl)ccc2n1. The summed E-state index contributed by atoms with van der Waals surface area (Å²) in [6.07, 6.45) is 2.24. The molecule has 1 aliphatic heterocycles. The minimum absolute atomic E-state index is 0.106. The molecule has 0 aliphatic carbocycles. The summed E-state index contributed by atoms with van der Waals surface area (Å²) in [6, 6.07) is 9.90. The summed E-state index contributed by atoms with van der Waals surface area (Å²) in [5.41, 5.74) is 2.80. The van der Waals surface area contributed by atoms with Gasteiger partial charge in [-0.25, -0.2) is 18.5 Å². The molecule has 0 bridgehead atoms. The molecule has 7 nitrogen and oxygen atoms in total. The van der Waals surface area contributed by atoms with Crippen LogP contribution >= 0.6 is 11.6 Å². The number of sulfonamides is 1. The average Bonchev–Trinajstić information content (AvgIpc) is 2.90. The summed E-state index contributed by atoms with van der Waals surface area (Å²) in [5, 5.41) is 5.69. The number of hydrogen-bond donors (Lipinski definition) is 1. The molecule has 140 valence electrons. The number of halogens is 1. The maximum atomic E-state index is 12.4. The van der Waals surface area contributed by atoms with Gasteiger partial charge in [0.25, 0.3) is 5.56 Å². The molecule has 0 spiro atoms. The number of nitrogens with zero attached hydrogens (tertiary/aromatic N) is 3. The molecule has 0 fully saturated rings. The third-order valence-electron chi connectivity index (χ3n) is 4.75. The zero-order chi connectivity index (χ0) is 19.3. The van der Waals surface area contributed by atoms with E-state index < -0.39 is 10.0 Å². The molecular weight excluding hydrogens is 388 g/mol. The highest BCUT2D eigenvalue weighted by atomic mass is 35.5.